The number of hydrogen-bond acceptors (Lipinski definition) is 6. The molecule has 1 aromatic heterocycles. The van der Waals surface area contributed by atoms with E-state index in [4.69, 9.17) is 0 Å². The third-order valence-corrected chi connectivity index (χ3v) is 4.90. The predicted molar refractivity (Wildman–Crippen MR) is 71.2 cm³/mol. The summed E-state index contributed by atoms with van der Waals surface area (Å²) in [5.74, 6) is 0.169. The van der Waals surface area contributed by atoms with Crippen LogP contribution in [0, 0.1) is 6.92 Å². The summed E-state index contributed by atoms with van der Waals surface area (Å²) in [4.78, 5) is 8.14. The van der Waals surface area contributed by atoms with Gasteiger partial charge in [0, 0.05) is 23.5 Å². The van der Waals surface area contributed by atoms with Crippen molar-refractivity contribution in [2.24, 2.45) is 4.99 Å². The Balaban J connectivity index is 2.26. The van der Waals surface area contributed by atoms with Crippen LogP contribution in [-0.2, 0) is 16.4 Å². The Labute approximate surface area is 111 Å². The van der Waals surface area contributed by atoms with Crippen molar-refractivity contribution in [3.8, 4) is 5.75 Å². The highest BCUT2D eigenvalue weighted by Gasteiger charge is 2.27. The van der Waals surface area contributed by atoms with Crippen LogP contribution in [0.1, 0.15) is 23.2 Å². The van der Waals surface area contributed by atoms with Gasteiger partial charge in [-0.2, -0.15) is 0 Å². The van der Waals surface area contributed by atoms with Crippen LogP contribution in [-0.4, -0.2) is 47.4 Å². The van der Waals surface area contributed by atoms with E-state index in [0.717, 1.165) is 0 Å². The smallest absolute Gasteiger partial charge is 0.152 e. The molecule has 19 heavy (non-hydrogen) atoms. The largest absolute Gasteiger partial charge is 0.505 e. The van der Waals surface area contributed by atoms with Gasteiger partial charge in [-0.05, 0) is 13.3 Å². The van der Waals surface area contributed by atoms with Crippen LogP contribution in [0.25, 0.3) is 0 Å². The van der Waals surface area contributed by atoms with Crippen molar-refractivity contribution in [3.05, 3.63) is 23.0 Å². The molecule has 0 aromatic carbocycles. The first kappa shape index (κ1) is 14.0. The second-order valence-electron chi connectivity index (χ2n) is 4.62. The molecule has 6 nitrogen and oxygen atoms in total. The first-order valence-electron chi connectivity index (χ1n) is 5.95. The highest BCUT2D eigenvalue weighted by molar-refractivity contribution is 7.91. The molecule has 1 fully saturated rings. The number of hydrogen-bond donors (Lipinski definition) is 2. The summed E-state index contributed by atoms with van der Waals surface area (Å²) in [6.07, 6.45) is 3.40. The number of aromatic hydroxyl groups is 1. The highest BCUT2D eigenvalue weighted by atomic mass is 32.2. The molecular weight excluding hydrogens is 268 g/mol. The highest BCUT2D eigenvalue weighted by Crippen LogP contribution is 2.23. The van der Waals surface area contributed by atoms with E-state index in [1.807, 2.05) is 0 Å². The number of aliphatic imine (C=N–C) groups is 1. The van der Waals surface area contributed by atoms with E-state index in [2.05, 4.69) is 9.98 Å². The first-order valence-corrected chi connectivity index (χ1v) is 7.77. The molecule has 1 atom stereocenters. The zero-order chi connectivity index (χ0) is 14.0. The number of aliphatic hydroxyl groups is 1. The quantitative estimate of drug-likeness (QED) is 0.772. The fourth-order valence-electron chi connectivity index (χ4n) is 2.00. The van der Waals surface area contributed by atoms with E-state index in [0.29, 0.717) is 23.2 Å². The molecular formula is C12H16N2O4S. The van der Waals surface area contributed by atoms with Gasteiger partial charge >= 0.3 is 0 Å². The minimum absolute atomic E-state index is 0.0313. The van der Waals surface area contributed by atoms with Gasteiger partial charge in [-0.1, -0.05) is 0 Å². The number of aromatic nitrogens is 1. The summed E-state index contributed by atoms with van der Waals surface area (Å²) in [6.45, 7) is 1.39. The van der Waals surface area contributed by atoms with E-state index < -0.39 is 9.84 Å². The third kappa shape index (κ3) is 3.10. The number of nitrogens with zero attached hydrogens (tertiary/aromatic N) is 2. The normalized spacial score (nSPS) is 22.1. The standard InChI is InChI=1S/C12H16N2O4S/c1-8-12(16)11(9(6-15)4-13-8)5-14-10-2-3-19(17,18)7-10/h4-5,10,15-16H,2-3,6-7H2,1H3/t10-/m0/s1. The van der Waals surface area contributed by atoms with Crippen LogP contribution < -0.4 is 0 Å². The lowest BCUT2D eigenvalue weighted by Gasteiger charge is -2.08. The van der Waals surface area contributed by atoms with Gasteiger partial charge in [0.1, 0.15) is 5.75 Å². The van der Waals surface area contributed by atoms with Gasteiger partial charge in [0.05, 0.1) is 29.8 Å². The number of pyridine rings is 1. The summed E-state index contributed by atoms with van der Waals surface area (Å²) in [5.41, 5.74) is 1.31. The van der Waals surface area contributed by atoms with Crippen LogP contribution in [0.5, 0.6) is 5.75 Å². The second kappa shape index (κ2) is 5.26. The van der Waals surface area contributed by atoms with Gasteiger partial charge in [-0.3, -0.25) is 9.98 Å². The Bertz CT molecular complexity index is 610. The predicted octanol–water partition coefficient (Wildman–Crippen LogP) is 0.194. The minimum Gasteiger partial charge on any atom is -0.505 e. The molecule has 104 valence electrons. The molecule has 1 aliphatic heterocycles. The molecule has 0 aliphatic carbocycles. The zero-order valence-electron chi connectivity index (χ0n) is 10.6. The Hall–Kier alpha value is -1.47. The van der Waals surface area contributed by atoms with E-state index in [1.165, 1.54) is 12.4 Å². The first-order chi connectivity index (χ1) is 8.93. The molecule has 7 heteroatoms. The van der Waals surface area contributed by atoms with Crippen molar-refractivity contribution in [1.29, 1.82) is 0 Å². The van der Waals surface area contributed by atoms with Crippen molar-refractivity contribution in [3.63, 3.8) is 0 Å². The van der Waals surface area contributed by atoms with Crippen molar-refractivity contribution in [2.75, 3.05) is 11.5 Å². The Morgan fingerprint density at radius 3 is 2.89 bits per heavy atom. The molecule has 2 rings (SSSR count). The summed E-state index contributed by atoms with van der Waals surface area (Å²) < 4.78 is 22.6. The average Bonchev–Trinajstić information content (AvgIpc) is 2.71. The maximum Gasteiger partial charge on any atom is 0.152 e. The molecule has 0 bridgehead atoms. The Morgan fingerprint density at radius 1 is 1.58 bits per heavy atom. The third-order valence-electron chi connectivity index (χ3n) is 3.15. The summed E-state index contributed by atoms with van der Waals surface area (Å²) in [7, 11) is -2.97. The van der Waals surface area contributed by atoms with Crippen LogP contribution in [0.2, 0.25) is 0 Å². The SMILES string of the molecule is Cc1ncc(CO)c(C=N[C@H]2CCS(=O)(=O)C2)c1O. The molecule has 1 aliphatic rings. The molecule has 0 saturated carbocycles. The van der Waals surface area contributed by atoms with Crippen molar-refractivity contribution in [1.82, 2.24) is 4.98 Å². The van der Waals surface area contributed by atoms with Crippen LogP contribution >= 0.6 is 0 Å². The fraction of sp³-hybridized carbons (Fsp3) is 0.500. The molecule has 1 saturated heterocycles. The molecule has 0 radical (unpaired) electrons. The molecule has 2 heterocycles. The average molecular weight is 284 g/mol. The second-order valence-corrected chi connectivity index (χ2v) is 6.85. The number of aryl methyl sites for hydroxylation is 1. The van der Waals surface area contributed by atoms with Crippen molar-refractivity contribution >= 4 is 16.1 Å². The molecule has 0 spiro atoms. The topological polar surface area (TPSA) is 99.9 Å². The van der Waals surface area contributed by atoms with Gasteiger partial charge in [0.2, 0.25) is 0 Å². The van der Waals surface area contributed by atoms with Crippen molar-refractivity contribution < 1.29 is 18.6 Å². The molecule has 0 amide bonds. The summed E-state index contributed by atoms with van der Waals surface area (Å²) >= 11 is 0. The van der Waals surface area contributed by atoms with E-state index in [1.54, 1.807) is 6.92 Å². The number of rotatable bonds is 3. The van der Waals surface area contributed by atoms with Crippen molar-refractivity contribution in [2.45, 2.75) is 26.0 Å². The van der Waals surface area contributed by atoms with E-state index in [-0.39, 0.29) is 29.9 Å². The lowest BCUT2D eigenvalue weighted by atomic mass is 10.1. The minimum atomic E-state index is -2.97. The number of sulfone groups is 1. The molecule has 1 aromatic rings. The van der Waals surface area contributed by atoms with Gasteiger partial charge in [0.25, 0.3) is 0 Å². The fourth-order valence-corrected chi connectivity index (χ4v) is 3.63. The summed E-state index contributed by atoms with van der Waals surface area (Å²) in [5, 5.41) is 19.1. The van der Waals surface area contributed by atoms with Gasteiger partial charge in [-0.15, -0.1) is 0 Å². The summed E-state index contributed by atoms with van der Waals surface area (Å²) in [6, 6.07) is -0.274. The lowest BCUT2D eigenvalue weighted by molar-refractivity contribution is 0.280. The maximum absolute atomic E-state index is 11.3. The van der Waals surface area contributed by atoms with Gasteiger partial charge < -0.3 is 10.2 Å². The maximum atomic E-state index is 11.3. The Morgan fingerprint density at radius 2 is 2.32 bits per heavy atom. The molecule has 0 unspecified atom stereocenters. The van der Waals surface area contributed by atoms with Crippen LogP contribution in [0.4, 0.5) is 0 Å². The lowest BCUT2D eigenvalue weighted by Crippen LogP contribution is -2.08. The Kier molecular flexibility index (Phi) is 3.86. The zero-order valence-corrected chi connectivity index (χ0v) is 11.4. The van der Waals surface area contributed by atoms with Crippen LogP contribution in [0.15, 0.2) is 11.2 Å². The van der Waals surface area contributed by atoms with Gasteiger partial charge in [-0.25, -0.2) is 8.42 Å². The van der Waals surface area contributed by atoms with E-state index in [9.17, 15) is 18.6 Å². The van der Waals surface area contributed by atoms with Gasteiger partial charge in [0.15, 0.2) is 9.84 Å². The molecule has 2 N–H and O–H groups in total. The monoisotopic (exact) mass is 284 g/mol. The van der Waals surface area contributed by atoms with E-state index >= 15 is 0 Å². The van der Waals surface area contributed by atoms with Crippen LogP contribution in [0.3, 0.4) is 0 Å². The number of aliphatic hydroxyl groups excluding tert-OH is 1.